The van der Waals surface area contributed by atoms with E-state index in [4.69, 9.17) is 0 Å². The summed E-state index contributed by atoms with van der Waals surface area (Å²) in [7, 11) is 0. The van der Waals surface area contributed by atoms with Crippen LogP contribution in [0.25, 0.3) is 27.8 Å². The molecule has 5 rings (SSSR count). The van der Waals surface area contributed by atoms with E-state index in [1.807, 2.05) is 0 Å². The molecule has 0 aliphatic heterocycles. The summed E-state index contributed by atoms with van der Waals surface area (Å²) in [6.45, 7) is 0. The number of carbonyl (C=O) groups excluding carboxylic acids is 1. The van der Waals surface area contributed by atoms with E-state index in [1.165, 1.54) is 23.0 Å². The number of hydrogen-bond acceptors (Lipinski definition) is 4. The van der Waals surface area contributed by atoms with Crippen molar-refractivity contribution in [2.24, 2.45) is 5.92 Å². The minimum absolute atomic E-state index is 0.0481. The van der Waals surface area contributed by atoms with E-state index in [2.05, 4.69) is 25.5 Å². The van der Waals surface area contributed by atoms with Crippen LogP contribution in [-0.4, -0.2) is 36.6 Å². The second kappa shape index (κ2) is 6.21. The quantitative estimate of drug-likeness (QED) is 0.493. The largest absolute Gasteiger partial charge is 0.419 e. The molecule has 1 aliphatic carbocycles. The number of nitrogens with zero attached hydrogens (tertiary/aromatic N) is 4. The van der Waals surface area contributed by atoms with Crippen molar-refractivity contribution in [1.82, 2.24) is 24.6 Å². The number of H-pyrrole nitrogens is 1. The van der Waals surface area contributed by atoms with Gasteiger partial charge < -0.3 is 9.72 Å². The molecule has 2 unspecified atom stereocenters. The molecule has 2 atom stereocenters. The van der Waals surface area contributed by atoms with Gasteiger partial charge in [0.15, 0.2) is 11.5 Å². The second-order valence-electron chi connectivity index (χ2n) is 6.95. The molecule has 1 saturated carbocycles. The summed E-state index contributed by atoms with van der Waals surface area (Å²) in [6.07, 6.45) is -1.06. The lowest BCUT2D eigenvalue weighted by molar-refractivity contribution is -0.139. The van der Waals surface area contributed by atoms with Crippen LogP contribution in [0, 0.1) is 11.7 Å². The average Bonchev–Trinajstić information content (AvgIpc) is 3.05. The van der Waals surface area contributed by atoms with Crippen molar-refractivity contribution in [3.8, 4) is 11.3 Å². The SMILES string of the molecule is O=C(Nc1cn2cc(-c3c(C(F)(F)F)c(F)cc4[nH]ncc34)ncc2n1)C1CC1F. The molecule has 1 amide bonds. The number of alkyl halides is 4. The Kier molecular flexibility index (Phi) is 3.82. The topological polar surface area (TPSA) is 88.0 Å². The maximum absolute atomic E-state index is 14.3. The highest BCUT2D eigenvalue weighted by atomic mass is 19.4. The van der Waals surface area contributed by atoms with Crippen molar-refractivity contribution in [2.75, 3.05) is 5.32 Å². The summed E-state index contributed by atoms with van der Waals surface area (Å²) >= 11 is 0. The van der Waals surface area contributed by atoms with E-state index in [0.29, 0.717) is 0 Å². The Morgan fingerprint density at radius 2 is 2.03 bits per heavy atom. The number of aromatic nitrogens is 5. The number of nitrogens with one attached hydrogen (secondary N) is 2. The molecule has 12 heteroatoms. The van der Waals surface area contributed by atoms with Gasteiger partial charge in [-0.1, -0.05) is 0 Å². The molecule has 1 fully saturated rings. The summed E-state index contributed by atoms with van der Waals surface area (Å²) in [5.74, 6) is -2.61. The van der Waals surface area contributed by atoms with Crippen LogP contribution in [0.1, 0.15) is 12.0 Å². The molecule has 30 heavy (non-hydrogen) atoms. The molecule has 1 aliphatic rings. The Bertz CT molecular complexity index is 1310. The predicted octanol–water partition coefficient (Wildman–Crippen LogP) is 3.73. The lowest BCUT2D eigenvalue weighted by atomic mass is 9.99. The molecule has 3 aromatic heterocycles. The Balaban J connectivity index is 1.62. The zero-order valence-corrected chi connectivity index (χ0v) is 14.8. The first-order chi connectivity index (χ1) is 14.2. The molecule has 7 nitrogen and oxygen atoms in total. The first kappa shape index (κ1) is 18.5. The number of aromatic amines is 1. The van der Waals surface area contributed by atoms with Gasteiger partial charge >= 0.3 is 6.18 Å². The van der Waals surface area contributed by atoms with Crippen molar-refractivity contribution < 1.29 is 26.7 Å². The van der Waals surface area contributed by atoms with Crippen LogP contribution in [0.5, 0.6) is 0 Å². The van der Waals surface area contributed by atoms with Gasteiger partial charge in [-0.15, -0.1) is 0 Å². The molecule has 1 aromatic carbocycles. The maximum Gasteiger partial charge on any atom is 0.419 e. The van der Waals surface area contributed by atoms with Crippen molar-refractivity contribution in [3.63, 3.8) is 0 Å². The molecule has 0 radical (unpaired) electrons. The van der Waals surface area contributed by atoms with Crippen LogP contribution in [0.4, 0.5) is 27.8 Å². The zero-order valence-electron chi connectivity index (χ0n) is 14.8. The summed E-state index contributed by atoms with van der Waals surface area (Å²) in [5.41, 5.74) is -1.77. The third-order valence-electron chi connectivity index (χ3n) is 4.88. The number of imidazole rings is 1. The van der Waals surface area contributed by atoms with Gasteiger partial charge in [0, 0.05) is 23.2 Å². The Morgan fingerprint density at radius 3 is 2.73 bits per heavy atom. The number of carbonyl (C=O) groups is 1. The van der Waals surface area contributed by atoms with Gasteiger partial charge in [-0.25, -0.2) is 13.8 Å². The van der Waals surface area contributed by atoms with Crippen molar-refractivity contribution in [3.05, 3.63) is 42.2 Å². The number of anilines is 1. The Labute approximate surface area is 163 Å². The van der Waals surface area contributed by atoms with Gasteiger partial charge in [0.05, 0.1) is 35.7 Å². The van der Waals surface area contributed by atoms with Gasteiger partial charge in [-0.3, -0.25) is 14.9 Å². The van der Waals surface area contributed by atoms with E-state index in [1.54, 1.807) is 0 Å². The molecule has 154 valence electrons. The van der Waals surface area contributed by atoms with Gasteiger partial charge in [-0.2, -0.15) is 18.3 Å². The number of rotatable bonds is 3. The van der Waals surface area contributed by atoms with Crippen LogP contribution in [-0.2, 0) is 11.0 Å². The van der Waals surface area contributed by atoms with E-state index in [0.717, 1.165) is 12.3 Å². The van der Waals surface area contributed by atoms with E-state index >= 15 is 0 Å². The van der Waals surface area contributed by atoms with Crippen LogP contribution in [0.2, 0.25) is 0 Å². The van der Waals surface area contributed by atoms with E-state index < -0.39 is 41.1 Å². The first-order valence-electron chi connectivity index (χ1n) is 8.75. The highest BCUT2D eigenvalue weighted by Gasteiger charge is 2.44. The Morgan fingerprint density at radius 1 is 1.27 bits per heavy atom. The van der Waals surface area contributed by atoms with Crippen molar-refractivity contribution in [2.45, 2.75) is 18.8 Å². The minimum Gasteiger partial charge on any atom is -0.309 e. The number of amides is 1. The molecular weight excluding hydrogens is 411 g/mol. The minimum atomic E-state index is -4.97. The average molecular weight is 422 g/mol. The summed E-state index contributed by atoms with van der Waals surface area (Å²) in [4.78, 5) is 20.0. The fourth-order valence-corrected chi connectivity index (χ4v) is 3.34. The van der Waals surface area contributed by atoms with E-state index in [-0.39, 0.29) is 34.5 Å². The molecular formula is C18H11F5N6O. The van der Waals surface area contributed by atoms with Gasteiger partial charge in [0.1, 0.15) is 17.6 Å². The second-order valence-corrected chi connectivity index (χ2v) is 6.95. The molecule has 0 saturated heterocycles. The van der Waals surface area contributed by atoms with Crippen molar-refractivity contribution in [1.29, 1.82) is 0 Å². The molecule has 2 N–H and O–H groups in total. The van der Waals surface area contributed by atoms with Gasteiger partial charge in [-0.05, 0) is 6.42 Å². The molecule has 4 aromatic rings. The standard InChI is InChI=1S/C18H11F5N6O/c19-9-1-7(9)17(30)27-13-6-29-5-12(24-4-14(29)26-13)15-8-3-25-28-11(8)2-10(20)16(15)18(21,22)23/h2-7,9H,1H2,(H,25,28)(H,27,30). The number of benzene rings is 1. The van der Waals surface area contributed by atoms with Crippen LogP contribution in [0.15, 0.2) is 30.9 Å². The van der Waals surface area contributed by atoms with Crippen LogP contribution in [0.3, 0.4) is 0 Å². The van der Waals surface area contributed by atoms with Crippen molar-refractivity contribution >= 4 is 28.3 Å². The summed E-state index contributed by atoms with van der Waals surface area (Å²) < 4.78 is 69.5. The lowest BCUT2D eigenvalue weighted by Crippen LogP contribution is -2.15. The van der Waals surface area contributed by atoms with Crippen LogP contribution < -0.4 is 5.32 Å². The fourth-order valence-electron chi connectivity index (χ4n) is 3.34. The number of hydrogen-bond donors (Lipinski definition) is 2. The molecule has 0 bridgehead atoms. The maximum atomic E-state index is 14.3. The Hall–Kier alpha value is -3.57. The monoisotopic (exact) mass is 422 g/mol. The van der Waals surface area contributed by atoms with Gasteiger partial charge in [0.25, 0.3) is 0 Å². The normalized spacial score (nSPS) is 18.8. The smallest absolute Gasteiger partial charge is 0.309 e. The highest BCUT2D eigenvalue weighted by molar-refractivity contribution is 5.96. The molecule has 3 heterocycles. The zero-order chi connectivity index (χ0) is 21.2. The third-order valence-corrected chi connectivity index (χ3v) is 4.88. The number of halogens is 5. The van der Waals surface area contributed by atoms with Crippen LogP contribution >= 0.6 is 0 Å². The lowest BCUT2D eigenvalue weighted by Gasteiger charge is -2.14. The predicted molar refractivity (Wildman–Crippen MR) is 94.7 cm³/mol. The number of fused-ring (bicyclic) bond motifs is 2. The fraction of sp³-hybridized carbons (Fsp3) is 0.222. The van der Waals surface area contributed by atoms with Gasteiger partial charge in [0.2, 0.25) is 5.91 Å². The van der Waals surface area contributed by atoms with E-state index in [9.17, 15) is 26.7 Å². The first-order valence-corrected chi connectivity index (χ1v) is 8.75. The highest BCUT2D eigenvalue weighted by Crippen LogP contribution is 2.42. The summed E-state index contributed by atoms with van der Waals surface area (Å²) in [6, 6.07) is 0.730. The summed E-state index contributed by atoms with van der Waals surface area (Å²) in [5, 5.41) is 8.65. The molecule has 0 spiro atoms. The third kappa shape index (κ3) is 2.95.